The second-order valence-corrected chi connectivity index (χ2v) is 14.1. The van der Waals surface area contributed by atoms with Gasteiger partial charge in [0, 0.05) is 27.5 Å². The van der Waals surface area contributed by atoms with Crippen molar-refractivity contribution in [1.82, 2.24) is 9.97 Å². The maximum Gasteiger partial charge on any atom is 0.161 e. The number of para-hydroxylation sites is 1. The zero-order chi connectivity index (χ0) is 36.3. The third-order valence-electron chi connectivity index (χ3n) is 10.9. The average Bonchev–Trinajstić information content (AvgIpc) is 3.65. The average molecular weight is 701 g/mol. The molecule has 0 amide bonds. The van der Waals surface area contributed by atoms with Gasteiger partial charge in [0.25, 0.3) is 0 Å². The molecule has 3 nitrogen and oxygen atoms in total. The van der Waals surface area contributed by atoms with Gasteiger partial charge in [-0.1, -0.05) is 170 Å². The number of benzene rings is 9. The fourth-order valence-corrected chi connectivity index (χ4v) is 8.41. The standard InChI is InChI=1S/C52H32N2O/c1-2-15-33(16-3-1)36-19-8-10-23-40(36)46-32-47(41-24-11-9-22-39(41)42-26-14-28-49-50(42)44-25-12-13-27-48(44)55-49)54-52(53-46)51-38-21-7-5-18-35(38)31-45-37-20-6-4-17-34(37)29-30-43(45)51/h1-32H. The van der Waals surface area contributed by atoms with Crippen molar-refractivity contribution in [3.8, 4) is 56.2 Å². The van der Waals surface area contributed by atoms with E-state index in [2.05, 4.69) is 182 Å². The molecule has 3 heteroatoms. The van der Waals surface area contributed by atoms with Crippen LogP contribution in [0.4, 0.5) is 0 Å². The molecule has 256 valence electrons. The third-order valence-corrected chi connectivity index (χ3v) is 10.9. The highest BCUT2D eigenvalue weighted by Crippen LogP contribution is 2.44. The van der Waals surface area contributed by atoms with E-state index in [0.717, 1.165) is 88.4 Å². The fraction of sp³-hybridized carbons (Fsp3) is 0. The Morgan fingerprint density at radius 3 is 1.71 bits per heavy atom. The molecule has 0 radical (unpaired) electrons. The van der Waals surface area contributed by atoms with Crippen LogP contribution in [0.1, 0.15) is 0 Å². The highest BCUT2D eigenvalue weighted by atomic mass is 16.3. The highest BCUT2D eigenvalue weighted by Gasteiger charge is 2.21. The van der Waals surface area contributed by atoms with Crippen molar-refractivity contribution in [2.24, 2.45) is 0 Å². The summed E-state index contributed by atoms with van der Waals surface area (Å²) in [6, 6.07) is 68.5. The first kappa shape index (κ1) is 31.2. The van der Waals surface area contributed by atoms with Gasteiger partial charge in [-0.3, -0.25) is 0 Å². The van der Waals surface area contributed by atoms with E-state index in [0.29, 0.717) is 5.82 Å². The Balaban J connectivity index is 1.24. The molecular formula is C52H32N2O. The number of rotatable bonds is 5. The highest BCUT2D eigenvalue weighted by molar-refractivity contribution is 6.20. The molecule has 11 rings (SSSR count). The maximum absolute atomic E-state index is 6.36. The van der Waals surface area contributed by atoms with Gasteiger partial charge in [0.2, 0.25) is 0 Å². The van der Waals surface area contributed by atoms with Crippen LogP contribution in [0.2, 0.25) is 0 Å². The van der Waals surface area contributed by atoms with Crippen molar-refractivity contribution in [2.45, 2.75) is 0 Å². The van der Waals surface area contributed by atoms with Crippen LogP contribution < -0.4 is 0 Å². The van der Waals surface area contributed by atoms with E-state index in [4.69, 9.17) is 14.4 Å². The van der Waals surface area contributed by atoms with E-state index in [9.17, 15) is 0 Å². The van der Waals surface area contributed by atoms with E-state index in [1.165, 1.54) is 16.2 Å². The van der Waals surface area contributed by atoms with Crippen molar-refractivity contribution >= 4 is 54.3 Å². The lowest BCUT2D eigenvalue weighted by molar-refractivity contribution is 0.669. The minimum Gasteiger partial charge on any atom is -0.456 e. The molecular weight excluding hydrogens is 669 g/mol. The molecule has 2 heterocycles. The minimum atomic E-state index is 0.689. The molecule has 0 bridgehead atoms. The Bertz CT molecular complexity index is 3270. The van der Waals surface area contributed by atoms with Crippen LogP contribution in [0, 0.1) is 0 Å². The number of fused-ring (bicyclic) bond motifs is 7. The summed E-state index contributed by atoms with van der Waals surface area (Å²) in [6.07, 6.45) is 0. The van der Waals surface area contributed by atoms with Crippen LogP contribution in [0.5, 0.6) is 0 Å². The van der Waals surface area contributed by atoms with Crippen LogP contribution >= 0.6 is 0 Å². The molecule has 0 unspecified atom stereocenters. The Kier molecular flexibility index (Phi) is 7.17. The van der Waals surface area contributed by atoms with E-state index >= 15 is 0 Å². The first-order chi connectivity index (χ1) is 27.3. The van der Waals surface area contributed by atoms with E-state index in [-0.39, 0.29) is 0 Å². The van der Waals surface area contributed by atoms with Crippen LogP contribution in [0.15, 0.2) is 199 Å². The van der Waals surface area contributed by atoms with Gasteiger partial charge in [-0.25, -0.2) is 9.97 Å². The number of hydrogen-bond acceptors (Lipinski definition) is 3. The SMILES string of the molecule is c1ccc(-c2ccccc2-c2cc(-c3ccccc3-c3cccc4oc5ccccc5c34)nc(-c3c4ccccc4cc4c3ccc3ccccc34)n2)cc1. The summed E-state index contributed by atoms with van der Waals surface area (Å²) >= 11 is 0. The molecule has 2 aromatic heterocycles. The van der Waals surface area contributed by atoms with Gasteiger partial charge >= 0.3 is 0 Å². The summed E-state index contributed by atoms with van der Waals surface area (Å²) in [5.41, 5.74) is 11.0. The van der Waals surface area contributed by atoms with Crippen LogP contribution in [-0.2, 0) is 0 Å². The molecule has 0 aliphatic carbocycles. The van der Waals surface area contributed by atoms with Gasteiger partial charge in [-0.15, -0.1) is 0 Å². The van der Waals surface area contributed by atoms with Crippen molar-refractivity contribution in [3.63, 3.8) is 0 Å². The van der Waals surface area contributed by atoms with Gasteiger partial charge in [0.05, 0.1) is 11.4 Å². The minimum absolute atomic E-state index is 0.689. The molecule has 9 aromatic carbocycles. The molecule has 11 aromatic rings. The molecule has 0 fully saturated rings. The number of aromatic nitrogens is 2. The van der Waals surface area contributed by atoms with Crippen molar-refractivity contribution in [3.05, 3.63) is 194 Å². The van der Waals surface area contributed by atoms with Crippen molar-refractivity contribution in [2.75, 3.05) is 0 Å². The Hall–Kier alpha value is -7.36. The monoisotopic (exact) mass is 700 g/mol. The van der Waals surface area contributed by atoms with Gasteiger partial charge in [0.1, 0.15) is 11.2 Å². The Morgan fingerprint density at radius 2 is 0.909 bits per heavy atom. The molecule has 0 spiro atoms. The molecule has 55 heavy (non-hydrogen) atoms. The van der Waals surface area contributed by atoms with E-state index < -0.39 is 0 Å². The van der Waals surface area contributed by atoms with Crippen molar-refractivity contribution in [1.29, 1.82) is 0 Å². The Labute approximate surface area is 317 Å². The molecule has 0 atom stereocenters. The summed E-state index contributed by atoms with van der Waals surface area (Å²) in [5, 5.41) is 9.19. The second-order valence-electron chi connectivity index (χ2n) is 14.1. The lowest BCUT2D eigenvalue weighted by Crippen LogP contribution is -1.99. The van der Waals surface area contributed by atoms with Gasteiger partial charge in [0.15, 0.2) is 5.82 Å². The third kappa shape index (κ3) is 5.13. The first-order valence-corrected chi connectivity index (χ1v) is 18.7. The predicted molar refractivity (Wildman–Crippen MR) is 229 cm³/mol. The largest absolute Gasteiger partial charge is 0.456 e. The van der Waals surface area contributed by atoms with Gasteiger partial charge in [-0.2, -0.15) is 0 Å². The van der Waals surface area contributed by atoms with Crippen LogP contribution in [-0.4, -0.2) is 9.97 Å². The topological polar surface area (TPSA) is 38.9 Å². The maximum atomic E-state index is 6.36. The molecule has 0 N–H and O–H groups in total. The number of hydrogen-bond donors (Lipinski definition) is 0. The summed E-state index contributed by atoms with van der Waals surface area (Å²) in [5.74, 6) is 0.689. The summed E-state index contributed by atoms with van der Waals surface area (Å²) in [7, 11) is 0. The molecule has 0 saturated heterocycles. The number of furan rings is 1. The van der Waals surface area contributed by atoms with E-state index in [1.807, 2.05) is 12.1 Å². The molecule has 0 aliphatic heterocycles. The number of nitrogens with zero attached hydrogens (tertiary/aromatic N) is 2. The summed E-state index contributed by atoms with van der Waals surface area (Å²) in [4.78, 5) is 11.1. The van der Waals surface area contributed by atoms with E-state index in [1.54, 1.807) is 0 Å². The quantitative estimate of drug-likeness (QED) is 0.133. The zero-order valence-electron chi connectivity index (χ0n) is 29.8. The first-order valence-electron chi connectivity index (χ1n) is 18.7. The predicted octanol–water partition coefficient (Wildman–Crippen LogP) is 14.2. The van der Waals surface area contributed by atoms with Gasteiger partial charge < -0.3 is 4.42 Å². The molecule has 0 aliphatic rings. The summed E-state index contributed by atoms with van der Waals surface area (Å²) < 4.78 is 6.36. The lowest BCUT2D eigenvalue weighted by Gasteiger charge is -2.17. The Morgan fingerprint density at radius 1 is 0.327 bits per heavy atom. The smallest absolute Gasteiger partial charge is 0.161 e. The van der Waals surface area contributed by atoms with Crippen LogP contribution in [0.25, 0.3) is 110 Å². The summed E-state index contributed by atoms with van der Waals surface area (Å²) in [6.45, 7) is 0. The van der Waals surface area contributed by atoms with Gasteiger partial charge in [-0.05, 0) is 78.8 Å². The lowest BCUT2D eigenvalue weighted by atomic mass is 9.91. The second kappa shape index (κ2) is 12.6. The molecule has 0 saturated carbocycles. The fourth-order valence-electron chi connectivity index (χ4n) is 8.41. The zero-order valence-corrected chi connectivity index (χ0v) is 29.8. The van der Waals surface area contributed by atoms with Crippen molar-refractivity contribution < 1.29 is 4.42 Å². The normalized spacial score (nSPS) is 11.6. The van der Waals surface area contributed by atoms with Crippen LogP contribution in [0.3, 0.4) is 0 Å².